The molecule has 0 aliphatic carbocycles. The lowest BCUT2D eigenvalue weighted by atomic mass is 9.32. The zero-order valence-electron chi connectivity index (χ0n) is 42.7. The van der Waals surface area contributed by atoms with Gasteiger partial charge in [0, 0.05) is 34.1 Å². The Bertz CT molecular complexity index is 3240. The Morgan fingerprint density at radius 1 is 0.290 bits per heavy atom. The largest absolute Gasteiger partial charge is 0.311 e. The van der Waals surface area contributed by atoms with Crippen LogP contribution >= 0.6 is 0 Å². The molecular weight excluding hydrogens is 832 g/mol. The molecule has 0 spiro atoms. The van der Waals surface area contributed by atoms with E-state index in [9.17, 15) is 0 Å². The van der Waals surface area contributed by atoms with Crippen molar-refractivity contribution >= 4 is 78.8 Å². The van der Waals surface area contributed by atoms with E-state index < -0.39 is 0 Å². The lowest BCUT2D eigenvalue weighted by molar-refractivity contribution is 0.568. The number of nitrogens with zero attached hydrogens (tertiary/aromatic N) is 2. The summed E-state index contributed by atoms with van der Waals surface area (Å²) in [5, 5.41) is 5.10. The third-order valence-electron chi connectivity index (χ3n) is 15.0. The van der Waals surface area contributed by atoms with Gasteiger partial charge in [-0.25, -0.2) is 0 Å². The summed E-state index contributed by atoms with van der Waals surface area (Å²) < 4.78 is 0. The van der Waals surface area contributed by atoms with Gasteiger partial charge in [0.05, 0.1) is 0 Å². The number of hydrogen-bond donors (Lipinski definition) is 0. The SMILES string of the molecule is CC(C)(C)c1cc(N2c3cc(-c4cccc(-c5ccccc5)c4)cc4c3B(c3c2ccc2ccccc32)c2c(ccc3ccccc23)N4c2cc(C(C)(C)C)cc(C(C)(C)C)c2)cc(C(C)(C)C)c1. The number of hydrogen-bond acceptors (Lipinski definition) is 2. The van der Waals surface area contributed by atoms with Gasteiger partial charge in [-0.2, -0.15) is 0 Å². The van der Waals surface area contributed by atoms with Gasteiger partial charge < -0.3 is 9.80 Å². The van der Waals surface area contributed by atoms with Gasteiger partial charge in [-0.3, -0.25) is 0 Å². The maximum absolute atomic E-state index is 2.65. The first-order chi connectivity index (χ1) is 32.7. The predicted octanol–water partition coefficient (Wildman–Crippen LogP) is 16.6. The molecule has 2 aliphatic heterocycles. The number of rotatable bonds is 4. The molecule has 2 heterocycles. The van der Waals surface area contributed by atoms with Crippen molar-refractivity contribution in [3.8, 4) is 22.3 Å². The summed E-state index contributed by atoms with van der Waals surface area (Å²) in [4.78, 5) is 5.29. The fourth-order valence-electron chi connectivity index (χ4n) is 11.0. The zero-order valence-corrected chi connectivity index (χ0v) is 42.7. The van der Waals surface area contributed by atoms with E-state index in [4.69, 9.17) is 0 Å². The highest BCUT2D eigenvalue weighted by Gasteiger charge is 2.46. The molecular formula is C66H65BN2. The van der Waals surface area contributed by atoms with Crippen molar-refractivity contribution < 1.29 is 0 Å². The van der Waals surface area contributed by atoms with Gasteiger partial charge in [0.1, 0.15) is 0 Å². The summed E-state index contributed by atoms with van der Waals surface area (Å²) in [7, 11) is 0. The molecule has 9 aromatic rings. The molecule has 69 heavy (non-hydrogen) atoms. The highest BCUT2D eigenvalue weighted by molar-refractivity contribution is 7.03. The number of benzene rings is 9. The summed E-state index contributed by atoms with van der Waals surface area (Å²) in [5.74, 6) is 0. The minimum atomic E-state index is -0.0722. The Morgan fingerprint density at radius 3 is 1.09 bits per heavy atom. The summed E-state index contributed by atoms with van der Waals surface area (Å²) in [6.07, 6.45) is 0. The molecule has 2 nitrogen and oxygen atoms in total. The van der Waals surface area contributed by atoms with Crippen molar-refractivity contribution in [2.24, 2.45) is 0 Å². The smallest absolute Gasteiger partial charge is 0.253 e. The van der Waals surface area contributed by atoms with E-state index in [0.717, 1.165) is 0 Å². The van der Waals surface area contributed by atoms with Crippen LogP contribution in [0.4, 0.5) is 34.1 Å². The Balaban J connectivity index is 1.33. The van der Waals surface area contributed by atoms with E-state index in [1.807, 2.05) is 0 Å². The Morgan fingerprint density at radius 2 is 0.667 bits per heavy atom. The van der Waals surface area contributed by atoms with Crippen molar-refractivity contribution in [1.82, 2.24) is 0 Å². The van der Waals surface area contributed by atoms with Crippen molar-refractivity contribution in [3.05, 3.63) is 198 Å². The van der Waals surface area contributed by atoms with Crippen LogP contribution in [0.2, 0.25) is 0 Å². The van der Waals surface area contributed by atoms with Crippen LogP contribution in [0.15, 0.2) is 176 Å². The predicted molar refractivity (Wildman–Crippen MR) is 301 cm³/mol. The molecule has 9 aromatic carbocycles. The lowest BCUT2D eigenvalue weighted by Gasteiger charge is -2.46. The van der Waals surface area contributed by atoms with E-state index in [0.29, 0.717) is 0 Å². The zero-order chi connectivity index (χ0) is 48.4. The lowest BCUT2D eigenvalue weighted by Crippen LogP contribution is -2.61. The van der Waals surface area contributed by atoms with E-state index in [1.54, 1.807) is 0 Å². The molecule has 0 unspecified atom stereocenters. The highest BCUT2D eigenvalue weighted by Crippen LogP contribution is 2.50. The molecule has 342 valence electrons. The van der Waals surface area contributed by atoms with Crippen LogP contribution in [-0.4, -0.2) is 6.71 Å². The Hall–Kier alpha value is -6.84. The second-order valence-corrected chi connectivity index (χ2v) is 24.0. The van der Waals surface area contributed by atoms with Gasteiger partial charge in [-0.05, 0) is 159 Å². The average molecular weight is 897 g/mol. The highest BCUT2D eigenvalue weighted by atomic mass is 15.2. The summed E-state index contributed by atoms with van der Waals surface area (Å²) in [6, 6.07) is 67.6. The minimum Gasteiger partial charge on any atom is -0.311 e. The van der Waals surface area contributed by atoms with Gasteiger partial charge >= 0.3 is 0 Å². The van der Waals surface area contributed by atoms with Crippen molar-refractivity contribution in [3.63, 3.8) is 0 Å². The van der Waals surface area contributed by atoms with Crippen LogP contribution in [0.3, 0.4) is 0 Å². The summed E-state index contributed by atoms with van der Waals surface area (Å²) in [5.41, 5.74) is 21.2. The van der Waals surface area contributed by atoms with E-state index in [2.05, 4.69) is 269 Å². The van der Waals surface area contributed by atoms with Crippen LogP contribution in [0.1, 0.15) is 105 Å². The molecule has 0 bridgehead atoms. The number of fused-ring (bicyclic) bond motifs is 8. The van der Waals surface area contributed by atoms with E-state index >= 15 is 0 Å². The molecule has 0 aromatic heterocycles. The second-order valence-electron chi connectivity index (χ2n) is 24.0. The first-order valence-electron chi connectivity index (χ1n) is 25.0. The second kappa shape index (κ2) is 15.9. The Labute approximate surface area is 411 Å². The van der Waals surface area contributed by atoms with Crippen molar-refractivity contribution in [2.75, 3.05) is 9.80 Å². The third kappa shape index (κ3) is 7.66. The molecule has 0 saturated carbocycles. The third-order valence-corrected chi connectivity index (χ3v) is 15.0. The fraction of sp³-hybridized carbons (Fsp3) is 0.242. The number of anilines is 6. The summed E-state index contributed by atoms with van der Waals surface area (Å²) in [6.45, 7) is 28.2. The average Bonchev–Trinajstić information content (AvgIpc) is 3.32. The minimum absolute atomic E-state index is 0.0600. The van der Waals surface area contributed by atoms with Crippen LogP contribution in [-0.2, 0) is 21.7 Å². The fourth-order valence-corrected chi connectivity index (χ4v) is 11.0. The van der Waals surface area contributed by atoms with Crippen molar-refractivity contribution in [1.29, 1.82) is 0 Å². The van der Waals surface area contributed by atoms with Crippen LogP contribution in [0.25, 0.3) is 43.8 Å². The molecule has 0 saturated heterocycles. The van der Waals surface area contributed by atoms with Gasteiger partial charge in [-0.15, -0.1) is 0 Å². The normalized spacial score (nSPS) is 13.7. The van der Waals surface area contributed by atoms with E-state index in [-0.39, 0.29) is 28.4 Å². The van der Waals surface area contributed by atoms with E-state index in [1.165, 1.54) is 117 Å². The van der Waals surface area contributed by atoms with Gasteiger partial charge in [0.2, 0.25) is 0 Å². The maximum Gasteiger partial charge on any atom is 0.253 e. The quantitative estimate of drug-likeness (QED) is 0.162. The molecule has 0 radical (unpaired) electrons. The first-order valence-corrected chi connectivity index (χ1v) is 25.0. The standard InChI is InChI=1S/C66H65BN2/c1-63(2,3)48-36-49(64(4,5)6)39-52(38-48)68-56-31-29-43-23-16-18-27-54(43)60(56)67-61-55-28-19-17-24-44(55)30-32-57(61)69(53-40-50(65(7,8)9)37-51(41-53)66(10,11)12)59-35-47(34-58(68)62(59)67)46-26-20-25-45(33-46)42-21-14-13-15-22-42/h13-41H,1-12H3. The van der Waals surface area contributed by atoms with Crippen molar-refractivity contribution in [2.45, 2.75) is 105 Å². The van der Waals surface area contributed by atoms with Gasteiger partial charge in [0.25, 0.3) is 6.71 Å². The van der Waals surface area contributed by atoms with Crippen LogP contribution in [0.5, 0.6) is 0 Å². The molecule has 11 rings (SSSR count). The molecule has 2 aliphatic rings. The maximum atomic E-state index is 2.65. The topological polar surface area (TPSA) is 6.48 Å². The molecule has 3 heteroatoms. The molecule has 0 amide bonds. The first kappa shape index (κ1) is 44.7. The molecule has 0 fully saturated rings. The van der Waals surface area contributed by atoms with Gasteiger partial charge in [0.15, 0.2) is 0 Å². The molecule has 0 atom stereocenters. The summed E-state index contributed by atoms with van der Waals surface area (Å²) >= 11 is 0. The van der Waals surface area contributed by atoms with Crippen LogP contribution < -0.4 is 26.2 Å². The Kier molecular flexibility index (Phi) is 10.3. The van der Waals surface area contributed by atoms with Crippen LogP contribution in [0, 0.1) is 0 Å². The molecule has 0 N–H and O–H groups in total. The monoisotopic (exact) mass is 897 g/mol. The van der Waals surface area contributed by atoms with Gasteiger partial charge in [-0.1, -0.05) is 204 Å².